The predicted molar refractivity (Wildman–Crippen MR) is 123 cm³/mol. The molecule has 1 aliphatic heterocycles. The van der Waals surface area contributed by atoms with Crippen molar-refractivity contribution >= 4 is 10.9 Å². The van der Waals surface area contributed by atoms with E-state index in [-0.39, 0.29) is 6.10 Å². The molecule has 1 aliphatic rings. The summed E-state index contributed by atoms with van der Waals surface area (Å²) < 4.78 is 17.2. The molecule has 0 spiro atoms. The minimum absolute atomic E-state index is 0.0940. The van der Waals surface area contributed by atoms with Crippen molar-refractivity contribution in [1.29, 1.82) is 5.26 Å². The molecule has 0 saturated carbocycles. The smallest absolute Gasteiger partial charge is 0.232 e. The number of fused-ring (bicyclic) bond motifs is 1. The lowest BCUT2D eigenvalue weighted by molar-refractivity contribution is 0.138. The molecule has 10 heteroatoms. The van der Waals surface area contributed by atoms with Gasteiger partial charge in [0.1, 0.15) is 29.2 Å². The van der Waals surface area contributed by atoms with Crippen molar-refractivity contribution in [2.75, 3.05) is 13.2 Å². The molecule has 3 aromatic heterocycles. The number of hydrogen-bond donors (Lipinski definition) is 2. The van der Waals surface area contributed by atoms with Crippen molar-refractivity contribution < 1.29 is 14.2 Å². The van der Waals surface area contributed by atoms with E-state index in [9.17, 15) is 5.26 Å². The van der Waals surface area contributed by atoms with Crippen LogP contribution in [-0.4, -0.2) is 44.7 Å². The van der Waals surface area contributed by atoms with Crippen LogP contribution >= 0.6 is 0 Å². The number of nitrogens with two attached hydrogens (primary N) is 1. The van der Waals surface area contributed by atoms with E-state index in [1.165, 1.54) is 0 Å². The first-order chi connectivity index (χ1) is 16.5. The number of nitriles is 1. The highest BCUT2D eigenvalue weighted by Gasteiger charge is 2.21. The molecule has 0 unspecified atom stereocenters. The summed E-state index contributed by atoms with van der Waals surface area (Å²) in [6.45, 7) is 4.92. The van der Waals surface area contributed by atoms with Crippen LogP contribution in [0.1, 0.15) is 35.0 Å². The van der Waals surface area contributed by atoms with E-state index in [1.54, 1.807) is 18.5 Å². The summed E-state index contributed by atoms with van der Waals surface area (Å²) in [6.07, 6.45) is 3.29. The molecule has 0 bridgehead atoms. The molecule has 4 aromatic rings. The van der Waals surface area contributed by atoms with E-state index >= 15 is 0 Å². The van der Waals surface area contributed by atoms with Gasteiger partial charge in [0.25, 0.3) is 0 Å². The average molecular weight is 457 g/mol. The number of rotatable bonds is 6. The number of aromatic amines is 1. The third kappa shape index (κ3) is 4.14. The number of aryl methyl sites for hydroxylation is 2. The number of nitrogens with zero attached hydrogens (tertiary/aromatic N) is 5. The van der Waals surface area contributed by atoms with E-state index < -0.39 is 6.23 Å². The van der Waals surface area contributed by atoms with Gasteiger partial charge in [-0.3, -0.25) is 10.8 Å². The Morgan fingerprint density at radius 1 is 1.26 bits per heavy atom. The lowest BCUT2D eigenvalue weighted by Crippen LogP contribution is -2.20. The van der Waals surface area contributed by atoms with Gasteiger partial charge in [-0.25, -0.2) is 4.98 Å². The molecule has 0 radical (unpaired) electrons. The molecule has 2 atom stereocenters. The zero-order valence-electron chi connectivity index (χ0n) is 18.8. The lowest BCUT2D eigenvalue weighted by atomic mass is 10.1. The molecule has 1 aromatic carbocycles. The number of hydrogen-bond acceptors (Lipinski definition) is 9. The number of aromatic nitrogens is 5. The van der Waals surface area contributed by atoms with Crippen LogP contribution < -0.4 is 15.2 Å². The van der Waals surface area contributed by atoms with Gasteiger partial charge >= 0.3 is 0 Å². The Hall–Kier alpha value is -4.07. The van der Waals surface area contributed by atoms with Gasteiger partial charge in [-0.2, -0.15) is 20.6 Å². The Kier molecular flexibility index (Phi) is 5.79. The normalized spacial score (nSPS) is 16.4. The zero-order chi connectivity index (χ0) is 23.7. The fourth-order valence-corrected chi connectivity index (χ4v) is 4.05. The molecule has 1 fully saturated rings. The number of benzene rings is 1. The second kappa shape index (κ2) is 9.05. The maximum atomic E-state index is 9.65. The fraction of sp³-hybridized carbons (Fsp3) is 0.292. The van der Waals surface area contributed by atoms with Gasteiger partial charge in [-0.1, -0.05) is 0 Å². The number of nitrogens with one attached hydrogen (secondary N) is 1. The van der Waals surface area contributed by atoms with E-state index in [4.69, 9.17) is 19.9 Å². The van der Waals surface area contributed by atoms with E-state index in [0.29, 0.717) is 41.7 Å². The van der Waals surface area contributed by atoms with E-state index in [2.05, 4.69) is 31.4 Å². The molecule has 4 heterocycles. The second-order valence-electron chi connectivity index (χ2n) is 8.14. The monoisotopic (exact) mass is 457 g/mol. The lowest BCUT2D eigenvalue weighted by Gasteiger charge is -2.18. The van der Waals surface area contributed by atoms with Crippen LogP contribution in [-0.2, 0) is 4.74 Å². The highest BCUT2D eigenvalue weighted by atomic mass is 16.5. The Bertz CT molecular complexity index is 1370. The topological polar surface area (TPSA) is 145 Å². The number of ether oxygens (including phenoxy) is 3. The van der Waals surface area contributed by atoms with Gasteiger partial charge in [0.15, 0.2) is 6.23 Å². The zero-order valence-corrected chi connectivity index (χ0v) is 18.8. The summed E-state index contributed by atoms with van der Waals surface area (Å²) in [5.74, 6) is 0.876. The first-order valence-corrected chi connectivity index (χ1v) is 10.9. The maximum absolute atomic E-state index is 9.65. The van der Waals surface area contributed by atoms with E-state index in [0.717, 1.165) is 34.1 Å². The Labute approximate surface area is 195 Å². The summed E-state index contributed by atoms with van der Waals surface area (Å²) in [6, 6.07) is 9.45. The van der Waals surface area contributed by atoms with Crippen molar-refractivity contribution in [2.45, 2.75) is 32.6 Å². The minimum Gasteiger partial charge on any atom is -0.471 e. The van der Waals surface area contributed by atoms with Crippen LogP contribution in [0.4, 0.5) is 0 Å². The fourth-order valence-electron chi connectivity index (χ4n) is 4.05. The van der Waals surface area contributed by atoms with Gasteiger partial charge < -0.3 is 14.2 Å². The Morgan fingerprint density at radius 3 is 2.91 bits per heavy atom. The van der Waals surface area contributed by atoms with Crippen LogP contribution in [0.2, 0.25) is 0 Å². The quantitative estimate of drug-likeness (QED) is 0.417. The van der Waals surface area contributed by atoms with E-state index in [1.807, 2.05) is 32.0 Å². The van der Waals surface area contributed by atoms with Crippen LogP contribution in [0.5, 0.6) is 11.6 Å². The van der Waals surface area contributed by atoms with Gasteiger partial charge in [0.05, 0.1) is 30.6 Å². The van der Waals surface area contributed by atoms with Crippen molar-refractivity contribution in [3.05, 3.63) is 59.0 Å². The van der Waals surface area contributed by atoms with Gasteiger partial charge in [-0.15, -0.1) is 0 Å². The number of pyridine rings is 1. The van der Waals surface area contributed by atoms with Gasteiger partial charge in [0.2, 0.25) is 5.88 Å². The predicted octanol–water partition coefficient (Wildman–Crippen LogP) is 3.11. The third-order valence-electron chi connectivity index (χ3n) is 5.77. The van der Waals surface area contributed by atoms with Gasteiger partial charge in [-0.05, 0) is 43.7 Å². The highest BCUT2D eigenvalue weighted by Crippen LogP contribution is 2.32. The molecule has 172 valence electrons. The summed E-state index contributed by atoms with van der Waals surface area (Å²) in [5, 5.41) is 25.9. The maximum Gasteiger partial charge on any atom is 0.232 e. The molecule has 34 heavy (non-hydrogen) atoms. The summed E-state index contributed by atoms with van der Waals surface area (Å²) in [4.78, 5) is 4.39. The molecule has 1 saturated heterocycles. The molecule has 0 aliphatic carbocycles. The third-order valence-corrected chi connectivity index (χ3v) is 5.77. The minimum atomic E-state index is -0.703. The van der Waals surface area contributed by atoms with Crippen molar-refractivity contribution in [3.63, 3.8) is 0 Å². The van der Waals surface area contributed by atoms with Crippen molar-refractivity contribution in [2.24, 2.45) is 5.73 Å². The molecule has 10 nitrogen and oxygen atoms in total. The first kappa shape index (κ1) is 21.8. The van der Waals surface area contributed by atoms with Crippen molar-refractivity contribution in [3.8, 4) is 29.0 Å². The summed E-state index contributed by atoms with van der Waals surface area (Å²) in [7, 11) is 0. The first-order valence-electron chi connectivity index (χ1n) is 10.9. The molecule has 5 rings (SSSR count). The SMILES string of the molecule is Cc1cnnc(C)c1[C@@H](N)Oc1ccc2[nH]nc(-c3cnc(O[C@H]4CCOC4)c(C#N)c3)c2c1. The van der Waals surface area contributed by atoms with Crippen LogP contribution in [0.25, 0.3) is 22.2 Å². The Morgan fingerprint density at radius 2 is 2.15 bits per heavy atom. The van der Waals surface area contributed by atoms with Gasteiger partial charge in [0, 0.05) is 29.1 Å². The highest BCUT2D eigenvalue weighted by molar-refractivity contribution is 5.93. The van der Waals surface area contributed by atoms with Crippen LogP contribution in [0.3, 0.4) is 0 Å². The van der Waals surface area contributed by atoms with Crippen molar-refractivity contribution in [1.82, 2.24) is 25.4 Å². The standard InChI is InChI=1S/C24H23N7O3/c1-13-10-28-29-14(2)21(13)23(26)33-17-3-4-20-19(8-17)22(31-30-20)16-7-15(9-25)24(27-11-16)34-18-5-6-32-12-18/h3-4,7-8,10-11,18,23H,5-6,12,26H2,1-2H3,(H,30,31)/t18-,23-/m0/s1. The molecular weight excluding hydrogens is 434 g/mol. The van der Waals surface area contributed by atoms with Crippen LogP contribution in [0, 0.1) is 25.2 Å². The number of H-pyrrole nitrogens is 1. The molecule has 0 amide bonds. The molecular formula is C24H23N7O3. The summed E-state index contributed by atoms with van der Waals surface area (Å²) >= 11 is 0. The largest absolute Gasteiger partial charge is 0.471 e. The van der Waals surface area contributed by atoms with Crippen LogP contribution in [0.15, 0.2) is 36.7 Å². The average Bonchev–Trinajstić information content (AvgIpc) is 3.49. The second-order valence-corrected chi connectivity index (χ2v) is 8.14. The molecule has 3 N–H and O–H groups in total. The summed E-state index contributed by atoms with van der Waals surface area (Å²) in [5.41, 5.74) is 11.3. The Balaban J connectivity index is 1.45.